The molecule has 2 unspecified atom stereocenters. The lowest BCUT2D eigenvalue weighted by Crippen LogP contribution is -2.19. The summed E-state index contributed by atoms with van der Waals surface area (Å²) in [6, 6.07) is 6.23. The number of benzene rings is 1. The van der Waals surface area contributed by atoms with Crippen LogP contribution in [0.3, 0.4) is 0 Å². The largest absolute Gasteiger partial charge is 0.327 e. The van der Waals surface area contributed by atoms with Gasteiger partial charge < -0.3 is 4.57 Å². The molecule has 104 valence electrons. The van der Waals surface area contributed by atoms with Gasteiger partial charge in [0.25, 0.3) is 0 Å². The number of hydrogen-bond donors (Lipinski definition) is 0. The Balaban J connectivity index is 2.50. The first kappa shape index (κ1) is 14.5. The van der Waals surface area contributed by atoms with Gasteiger partial charge in [0.2, 0.25) is 0 Å². The molecule has 0 fully saturated rings. The number of imidazole rings is 1. The van der Waals surface area contributed by atoms with E-state index in [9.17, 15) is 4.21 Å². The van der Waals surface area contributed by atoms with Crippen LogP contribution in [-0.4, -0.2) is 31.1 Å². The van der Waals surface area contributed by atoms with E-state index in [1.54, 1.807) is 6.26 Å². The lowest BCUT2D eigenvalue weighted by Gasteiger charge is -2.13. The van der Waals surface area contributed by atoms with E-state index in [1.165, 1.54) is 5.56 Å². The Labute approximate surface area is 121 Å². The number of hydrogen-bond acceptors (Lipinski definition) is 2. The summed E-state index contributed by atoms with van der Waals surface area (Å²) in [4.78, 5) is 4.64. The molecule has 2 rings (SSSR count). The minimum Gasteiger partial charge on any atom is -0.327 e. The van der Waals surface area contributed by atoms with Gasteiger partial charge in [-0.15, -0.1) is 11.6 Å². The summed E-state index contributed by atoms with van der Waals surface area (Å²) in [7, 11) is -0.837. The van der Waals surface area contributed by atoms with Gasteiger partial charge in [0.15, 0.2) is 0 Å². The Morgan fingerprint density at radius 2 is 2.21 bits per heavy atom. The first-order valence-electron chi connectivity index (χ1n) is 6.37. The molecule has 0 aliphatic rings. The van der Waals surface area contributed by atoms with Crippen molar-refractivity contribution in [3.63, 3.8) is 0 Å². The zero-order valence-corrected chi connectivity index (χ0v) is 13.1. The van der Waals surface area contributed by atoms with Crippen molar-refractivity contribution < 1.29 is 4.21 Å². The van der Waals surface area contributed by atoms with Gasteiger partial charge in [-0.3, -0.25) is 4.21 Å². The van der Waals surface area contributed by atoms with Gasteiger partial charge >= 0.3 is 0 Å². The Bertz CT molecular complexity index is 609. The van der Waals surface area contributed by atoms with Crippen LogP contribution in [0, 0.1) is 6.92 Å². The number of nitrogens with zero attached hydrogens (tertiary/aromatic N) is 2. The molecular formula is C14H19ClN2OS. The predicted molar refractivity (Wildman–Crippen MR) is 82.4 cm³/mol. The molecule has 0 radical (unpaired) electrons. The van der Waals surface area contributed by atoms with E-state index in [2.05, 4.69) is 28.6 Å². The number of halogens is 1. The number of rotatable bonds is 5. The smallest absolute Gasteiger partial charge is 0.111 e. The van der Waals surface area contributed by atoms with E-state index in [1.807, 2.05) is 13.0 Å². The molecule has 1 heterocycles. The molecule has 0 aliphatic heterocycles. The molecule has 0 aliphatic carbocycles. The maximum atomic E-state index is 11.6. The van der Waals surface area contributed by atoms with E-state index in [-0.39, 0.29) is 5.25 Å². The van der Waals surface area contributed by atoms with Crippen molar-refractivity contribution in [3.05, 3.63) is 29.6 Å². The van der Waals surface area contributed by atoms with E-state index in [4.69, 9.17) is 11.6 Å². The molecule has 1 aromatic heterocycles. The van der Waals surface area contributed by atoms with Gasteiger partial charge in [-0.1, -0.05) is 6.07 Å². The quantitative estimate of drug-likeness (QED) is 0.796. The second-order valence-corrected chi connectivity index (χ2v) is 7.06. The number of fused-ring (bicyclic) bond motifs is 1. The average molecular weight is 299 g/mol. The van der Waals surface area contributed by atoms with Gasteiger partial charge in [0.05, 0.1) is 11.0 Å². The van der Waals surface area contributed by atoms with Crippen molar-refractivity contribution in [3.8, 4) is 0 Å². The van der Waals surface area contributed by atoms with Gasteiger partial charge in [-0.05, 0) is 31.5 Å². The van der Waals surface area contributed by atoms with Crippen LogP contribution in [-0.2, 0) is 23.8 Å². The minimum absolute atomic E-state index is 0.104. The standard InChI is InChI=1S/C14H19ClN2OS/c1-10-4-5-12-13(8-10)17(9-11(2)19(3)18)14(16-12)6-7-15/h4-5,8,11H,6-7,9H2,1-3H3. The van der Waals surface area contributed by atoms with Crippen LogP contribution in [0.1, 0.15) is 18.3 Å². The summed E-state index contributed by atoms with van der Waals surface area (Å²) in [6.45, 7) is 4.79. The highest BCUT2D eigenvalue weighted by Gasteiger charge is 2.14. The van der Waals surface area contributed by atoms with E-state index in [0.29, 0.717) is 5.88 Å². The van der Waals surface area contributed by atoms with Crippen LogP contribution < -0.4 is 0 Å². The fourth-order valence-corrected chi connectivity index (χ4v) is 2.65. The number of alkyl halides is 1. The highest BCUT2D eigenvalue weighted by Crippen LogP contribution is 2.19. The zero-order chi connectivity index (χ0) is 14.0. The molecule has 0 amide bonds. The minimum atomic E-state index is -0.837. The molecule has 2 atom stereocenters. The molecule has 1 aromatic carbocycles. The van der Waals surface area contributed by atoms with Gasteiger partial charge in [0.1, 0.15) is 5.82 Å². The van der Waals surface area contributed by atoms with E-state index in [0.717, 1.165) is 29.8 Å². The van der Waals surface area contributed by atoms with Crippen molar-refractivity contribution in [2.75, 3.05) is 12.1 Å². The molecule has 3 nitrogen and oxygen atoms in total. The molecule has 2 aromatic rings. The fourth-order valence-electron chi connectivity index (χ4n) is 2.12. The number of aromatic nitrogens is 2. The summed E-state index contributed by atoms with van der Waals surface area (Å²) in [5.41, 5.74) is 3.30. The van der Waals surface area contributed by atoms with Crippen molar-refractivity contribution >= 4 is 33.4 Å². The third-order valence-electron chi connectivity index (χ3n) is 3.31. The van der Waals surface area contributed by atoms with E-state index < -0.39 is 10.8 Å². The van der Waals surface area contributed by atoms with E-state index >= 15 is 0 Å². The van der Waals surface area contributed by atoms with Crippen LogP contribution in [0.15, 0.2) is 18.2 Å². The molecular weight excluding hydrogens is 280 g/mol. The fraction of sp³-hybridized carbons (Fsp3) is 0.500. The molecule has 5 heteroatoms. The molecule has 0 bridgehead atoms. The Kier molecular flexibility index (Phi) is 4.63. The molecule has 0 spiro atoms. The Morgan fingerprint density at radius 3 is 2.84 bits per heavy atom. The first-order valence-corrected chi connectivity index (χ1v) is 8.52. The second-order valence-electron chi connectivity index (χ2n) is 4.88. The van der Waals surface area contributed by atoms with Crippen LogP contribution in [0.5, 0.6) is 0 Å². The van der Waals surface area contributed by atoms with Gasteiger partial charge in [-0.25, -0.2) is 4.98 Å². The third-order valence-corrected chi connectivity index (χ3v) is 4.78. The van der Waals surface area contributed by atoms with Gasteiger partial charge in [-0.2, -0.15) is 0 Å². The average Bonchev–Trinajstić information content (AvgIpc) is 2.68. The topological polar surface area (TPSA) is 34.9 Å². The zero-order valence-electron chi connectivity index (χ0n) is 11.5. The third kappa shape index (κ3) is 3.18. The lowest BCUT2D eigenvalue weighted by atomic mass is 10.2. The molecule has 0 saturated heterocycles. The van der Waals surface area contributed by atoms with Crippen LogP contribution in [0.25, 0.3) is 11.0 Å². The molecule has 0 saturated carbocycles. The normalized spacial score (nSPS) is 14.7. The van der Waals surface area contributed by atoms with Crippen LogP contribution in [0.2, 0.25) is 0 Å². The van der Waals surface area contributed by atoms with Crippen molar-refractivity contribution in [2.45, 2.75) is 32.1 Å². The summed E-state index contributed by atoms with van der Waals surface area (Å²) < 4.78 is 13.8. The monoisotopic (exact) mass is 298 g/mol. The highest BCUT2D eigenvalue weighted by atomic mass is 35.5. The Hall–Kier alpha value is -0.870. The highest BCUT2D eigenvalue weighted by molar-refractivity contribution is 7.84. The molecule has 19 heavy (non-hydrogen) atoms. The summed E-state index contributed by atoms with van der Waals surface area (Å²) in [6.07, 6.45) is 2.48. The maximum absolute atomic E-state index is 11.6. The SMILES string of the molecule is Cc1ccc2nc(CCCl)n(CC(C)S(C)=O)c2c1. The Morgan fingerprint density at radius 1 is 1.47 bits per heavy atom. The lowest BCUT2D eigenvalue weighted by molar-refractivity contribution is 0.635. The number of aryl methyl sites for hydroxylation is 2. The molecule has 0 N–H and O–H groups in total. The second kappa shape index (κ2) is 6.06. The van der Waals surface area contributed by atoms with Crippen molar-refractivity contribution in [1.29, 1.82) is 0 Å². The van der Waals surface area contributed by atoms with Crippen molar-refractivity contribution in [2.24, 2.45) is 0 Å². The van der Waals surface area contributed by atoms with Crippen molar-refractivity contribution in [1.82, 2.24) is 9.55 Å². The summed E-state index contributed by atoms with van der Waals surface area (Å²) >= 11 is 5.85. The summed E-state index contributed by atoms with van der Waals surface area (Å²) in [5, 5.41) is 0.104. The predicted octanol–water partition coefficient (Wildman–Crippen LogP) is 2.89. The van der Waals surface area contributed by atoms with Gasteiger partial charge in [0, 0.05) is 41.2 Å². The first-order chi connectivity index (χ1) is 9.02. The van der Waals surface area contributed by atoms with Crippen LogP contribution in [0.4, 0.5) is 0 Å². The maximum Gasteiger partial charge on any atom is 0.111 e. The summed E-state index contributed by atoms with van der Waals surface area (Å²) in [5.74, 6) is 1.53. The van der Waals surface area contributed by atoms with Crippen LogP contribution >= 0.6 is 11.6 Å².